The van der Waals surface area contributed by atoms with Crippen LogP contribution in [0.5, 0.6) is 11.6 Å². The quantitative estimate of drug-likeness (QED) is 0.420. The highest BCUT2D eigenvalue weighted by Gasteiger charge is 2.31. The Balaban J connectivity index is 1.36. The summed E-state index contributed by atoms with van der Waals surface area (Å²) in [6.07, 6.45) is 8.32. The summed E-state index contributed by atoms with van der Waals surface area (Å²) in [4.78, 5) is 14.0. The van der Waals surface area contributed by atoms with Gasteiger partial charge in [-0.3, -0.25) is 0 Å². The van der Waals surface area contributed by atoms with Gasteiger partial charge in [0.15, 0.2) is 5.82 Å². The number of aromatic nitrogens is 6. The molecule has 1 aliphatic carbocycles. The van der Waals surface area contributed by atoms with Crippen LogP contribution in [0.3, 0.4) is 0 Å². The summed E-state index contributed by atoms with van der Waals surface area (Å²) < 4.78 is 15.2. The third-order valence-corrected chi connectivity index (χ3v) is 6.80. The van der Waals surface area contributed by atoms with Gasteiger partial charge in [0.25, 0.3) is 0 Å². The van der Waals surface area contributed by atoms with Gasteiger partial charge in [0.2, 0.25) is 5.88 Å². The first-order valence-electron chi connectivity index (χ1n) is 11.8. The zero-order valence-electron chi connectivity index (χ0n) is 19.7. The lowest BCUT2D eigenvalue weighted by atomic mass is 9.89. The zero-order valence-corrected chi connectivity index (χ0v) is 19.7. The van der Waals surface area contributed by atoms with Crippen molar-refractivity contribution in [3.05, 3.63) is 65.5 Å². The molecule has 0 unspecified atom stereocenters. The Morgan fingerprint density at radius 2 is 1.88 bits per heavy atom. The predicted molar refractivity (Wildman–Crippen MR) is 128 cm³/mol. The van der Waals surface area contributed by atoms with Crippen LogP contribution in [0.15, 0.2) is 42.9 Å². The molecule has 1 aliphatic heterocycles. The first kappa shape index (κ1) is 20.9. The number of hydrogen-bond acceptors (Lipinski definition) is 6. The molecule has 8 nitrogen and oxygen atoms in total. The van der Waals surface area contributed by atoms with Crippen LogP contribution in [0.1, 0.15) is 60.2 Å². The van der Waals surface area contributed by atoms with Crippen molar-refractivity contribution in [2.45, 2.75) is 51.0 Å². The molecule has 2 aliphatic rings. The van der Waals surface area contributed by atoms with Crippen LogP contribution in [-0.4, -0.2) is 43.5 Å². The number of benzene rings is 1. The molecule has 0 spiro atoms. The molecular formula is C26H28N6O2. The van der Waals surface area contributed by atoms with Crippen LogP contribution in [0.4, 0.5) is 0 Å². The molecule has 3 aromatic heterocycles. The zero-order chi connectivity index (χ0) is 23.2. The van der Waals surface area contributed by atoms with Crippen LogP contribution < -0.4 is 9.47 Å². The third-order valence-electron chi connectivity index (χ3n) is 6.80. The van der Waals surface area contributed by atoms with Gasteiger partial charge < -0.3 is 14.0 Å². The highest BCUT2D eigenvalue weighted by molar-refractivity contribution is 5.56. The number of imidazole rings is 1. The number of aryl methyl sites for hydroxylation is 2. The van der Waals surface area contributed by atoms with E-state index in [2.05, 4.69) is 23.2 Å². The summed E-state index contributed by atoms with van der Waals surface area (Å²) in [5.74, 6) is 3.99. The summed E-state index contributed by atoms with van der Waals surface area (Å²) in [7, 11) is 3.38. The Morgan fingerprint density at radius 1 is 1.00 bits per heavy atom. The average molecular weight is 457 g/mol. The molecule has 0 N–H and O–H groups in total. The highest BCUT2D eigenvalue weighted by atomic mass is 16.5. The molecule has 0 bridgehead atoms. The molecule has 34 heavy (non-hydrogen) atoms. The molecule has 8 heteroatoms. The van der Waals surface area contributed by atoms with Gasteiger partial charge in [-0.25, -0.2) is 19.6 Å². The standard InChI is InChI=1S/C26H28N6O2/c1-16-14-31(15-27-16)22-10-9-21(28-26(22)34-3)24-29-25-19(5-4-12-32(25)30-24)18-8-11-23(33-2)20(13-18)17-6-7-17/h8-11,13-15,17,19H,4-7,12H2,1-3H3/t19-/m1/s1. The molecule has 174 valence electrons. The van der Waals surface area contributed by atoms with Gasteiger partial charge in [-0.15, -0.1) is 5.10 Å². The molecule has 1 saturated carbocycles. The van der Waals surface area contributed by atoms with Gasteiger partial charge in [0.05, 0.1) is 26.2 Å². The first-order chi connectivity index (χ1) is 16.6. The fourth-order valence-corrected chi connectivity index (χ4v) is 4.92. The molecule has 0 saturated heterocycles. The van der Waals surface area contributed by atoms with E-state index >= 15 is 0 Å². The van der Waals surface area contributed by atoms with Crippen molar-refractivity contribution in [2.75, 3.05) is 14.2 Å². The number of hydrogen-bond donors (Lipinski definition) is 0. The van der Waals surface area contributed by atoms with E-state index in [1.807, 2.05) is 34.5 Å². The lowest BCUT2D eigenvalue weighted by molar-refractivity contribution is 0.396. The number of rotatable bonds is 6. The maximum Gasteiger partial charge on any atom is 0.238 e. The Kier molecular flexibility index (Phi) is 5.08. The number of fused-ring (bicyclic) bond motifs is 1. The van der Waals surface area contributed by atoms with Crippen LogP contribution in [0, 0.1) is 6.92 Å². The number of nitrogens with zero attached hydrogens (tertiary/aromatic N) is 6. The first-order valence-corrected chi connectivity index (χ1v) is 11.8. The van der Waals surface area contributed by atoms with E-state index in [1.165, 1.54) is 24.0 Å². The molecular weight excluding hydrogens is 428 g/mol. The fourth-order valence-electron chi connectivity index (χ4n) is 4.92. The van der Waals surface area contributed by atoms with Crippen LogP contribution in [0.25, 0.3) is 17.2 Å². The Morgan fingerprint density at radius 3 is 2.62 bits per heavy atom. The summed E-state index contributed by atoms with van der Waals surface area (Å²) in [5, 5.41) is 4.83. The normalized spacial score (nSPS) is 17.4. The molecule has 0 amide bonds. The Bertz CT molecular complexity index is 1350. The monoisotopic (exact) mass is 456 g/mol. The van der Waals surface area contributed by atoms with Crippen LogP contribution in [0.2, 0.25) is 0 Å². The number of ether oxygens (including phenoxy) is 2. The fraction of sp³-hybridized carbons (Fsp3) is 0.385. The molecule has 4 heterocycles. The lowest BCUT2D eigenvalue weighted by Crippen LogP contribution is -2.18. The molecule has 1 aromatic carbocycles. The largest absolute Gasteiger partial charge is 0.496 e. The van der Waals surface area contributed by atoms with E-state index in [4.69, 9.17) is 24.5 Å². The van der Waals surface area contributed by atoms with Gasteiger partial charge in [-0.05, 0) is 67.9 Å². The van der Waals surface area contributed by atoms with E-state index in [-0.39, 0.29) is 5.92 Å². The minimum atomic E-state index is 0.216. The summed E-state index contributed by atoms with van der Waals surface area (Å²) >= 11 is 0. The van der Waals surface area contributed by atoms with E-state index in [0.717, 1.165) is 42.3 Å². The molecule has 1 atom stereocenters. The van der Waals surface area contributed by atoms with Crippen molar-refractivity contribution in [1.29, 1.82) is 0 Å². The minimum absolute atomic E-state index is 0.216. The third kappa shape index (κ3) is 3.63. The van der Waals surface area contributed by atoms with Crippen molar-refractivity contribution in [3.63, 3.8) is 0 Å². The minimum Gasteiger partial charge on any atom is -0.496 e. The van der Waals surface area contributed by atoms with Gasteiger partial charge in [0.1, 0.15) is 23.0 Å². The number of methoxy groups -OCH3 is 2. The summed E-state index contributed by atoms with van der Waals surface area (Å²) in [6, 6.07) is 10.5. The smallest absolute Gasteiger partial charge is 0.238 e. The summed E-state index contributed by atoms with van der Waals surface area (Å²) in [5.41, 5.74) is 5.09. The van der Waals surface area contributed by atoms with Crippen molar-refractivity contribution in [1.82, 2.24) is 29.3 Å². The SMILES string of the molecule is COc1ccc([C@H]2CCCn3nc(-c4ccc(-n5cnc(C)c5)c(OC)n4)nc32)cc1C1CC1. The predicted octanol–water partition coefficient (Wildman–Crippen LogP) is 4.65. The van der Waals surface area contributed by atoms with E-state index in [9.17, 15) is 0 Å². The second-order valence-electron chi connectivity index (χ2n) is 9.13. The summed E-state index contributed by atoms with van der Waals surface area (Å²) in [6.45, 7) is 2.82. The van der Waals surface area contributed by atoms with Gasteiger partial charge in [0, 0.05) is 18.7 Å². The second-order valence-corrected chi connectivity index (χ2v) is 9.13. The topological polar surface area (TPSA) is 79.9 Å². The average Bonchev–Trinajstić information content (AvgIpc) is 3.48. The van der Waals surface area contributed by atoms with E-state index in [0.29, 0.717) is 23.3 Å². The molecule has 4 aromatic rings. The van der Waals surface area contributed by atoms with Crippen molar-refractivity contribution in [2.24, 2.45) is 0 Å². The van der Waals surface area contributed by atoms with Gasteiger partial charge in [-0.2, -0.15) is 0 Å². The van der Waals surface area contributed by atoms with Crippen LogP contribution >= 0.6 is 0 Å². The maximum atomic E-state index is 5.63. The maximum absolute atomic E-state index is 5.63. The second kappa shape index (κ2) is 8.27. The Hall–Kier alpha value is -3.68. The molecule has 1 fully saturated rings. The van der Waals surface area contributed by atoms with Gasteiger partial charge in [-0.1, -0.05) is 12.1 Å². The van der Waals surface area contributed by atoms with E-state index < -0.39 is 0 Å². The lowest BCUT2D eigenvalue weighted by Gasteiger charge is -2.23. The van der Waals surface area contributed by atoms with Crippen molar-refractivity contribution < 1.29 is 9.47 Å². The highest BCUT2D eigenvalue weighted by Crippen LogP contribution is 2.46. The Labute approximate surface area is 198 Å². The molecule has 6 rings (SSSR count). The molecule has 0 radical (unpaired) electrons. The van der Waals surface area contributed by atoms with E-state index in [1.54, 1.807) is 20.5 Å². The number of pyridine rings is 1. The van der Waals surface area contributed by atoms with Crippen molar-refractivity contribution >= 4 is 0 Å². The van der Waals surface area contributed by atoms with Gasteiger partial charge >= 0.3 is 0 Å². The van der Waals surface area contributed by atoms with Crippen LogP contribution in [-0.2, 0) is 6.54 Å². The van der Waals surface area contributed by atoms with Crippen molar-refractivity contribution in [3.8, 4) is 28.8 Å².